The van der Waals surface area contributed by atoms with Crippen molar-refractivity contribution in [1.82, 2.24) is 29.9 Å². The molecule has 0 aliphatic carbocycles. The second-order valence-electron chi connectivity index (χ2n) is 8.70. The Morgan fingerprint density at radius 3 is 2.74 bits per heavy atom. The van der Waals surface area contributed by atoms with Gasteiger partial charge in [0.25, 0.3) is 5.56 Å². The van der Waals surface area contributed by atoms with Gasteiger partial charge in [-0.05, 0) is 31.4 Å². The fourth-order valence-corrected chi connectivity index (χ4v) is 5.12. The molecule has 0 radical (unpaired) electrons. The molecule has 2 bridgehead atoms. The highest BCUT2D eigenvalue weighted by Gasteiger charge is 2.51. The Balaban J connectivity index is 1.43. The van der Waals surface area contributed by atoms with Crippen LogP contribution in [-0.2, 0) is 7.05 Å². The zero-order chi connectivity index (χ0) is 24.1. The van der Waals surface area contributed by atoms with Crippen LogP contribution in [0.3, 0.4) is 0 Å². The van der Waals surface area contributed by atoms with E-state index in [-0.39, 0.29) is 17.4 Å². The van der Waals surface area contributed by atoms with Crippen molar-refractivity contribution in [3.63, 3.8) is 0 Å². The van der Waals surface area contributed by atoms with Gasteiger partial charge in [0.1, 0.15) is 11.9 Å². The van der Waals surface area contributed by atoms with Gasteiger partial charge in [0, 0.05) is 25.5 Å². The first kappa shape index (κ1) is 22.0. The predicted molar refractivity (Wildman–Crippen MR) is 121 cm³/mol. The van der Waals surface area contributed by atoms with Crippen molar-refractivity contribution in [3.8, 4) is 17.1 Å². The summed E-state index contributed by atoms with van der Waals surface area (Å²) in [6.07, 6.45) is 2.23. The quantitative estimate of drug-likeness (QED) is 0.609. The van der Waals surface area contributed by atoms with Crippen LogP contribution in [0.4, 0.5) is 15.0 Å². The summed E-state index contributed by atoms with van der Waals surface area (Å²) in [4.78, 5) is 31.3. The number of fused-ring (bicyclic) bond motifs is 3. The van der Waals surface area contributed by atoms with Gasteiger partial charge in [0.05, 0.1) is 42.5 Å². The zero-order valence-electron chi connectivity index (χ0n) is 18.9. The Morgan fingerprint density at radius 2 is 2.06 bits per heavy atom. The number of aromatic nitrogens is 5. The number of nitrogens with zero attached hydrogens (tertiary/aromatic N) is 7. The molecule has 2 saturated heterocycles. The number of hydrogen-bond acceptors (Lipinski definition) is 8. The topological polar surface area (TPSA) is 127 Å². The summed E-state index contributed by atoms with van der Waals surface area (Å²) < 4.78 is 22.0. The van der Waals surface area contributed by atoms with Crippen molar-refractivity contribution in [3.05, 3.63) is 34.9 Å². The highest BCUT2D eigenvalue weighted by Crippen LogP contribution is 2.40. The number of benzene rings is 1. The van der Waals surface area contributed by atoms with E-state index in [1.54, 1.807) is 37.3 Å². The molecule has 2 aromatic heterocycles. The minimum atomic E-state index is -1.34. The molecule has 2 fully saturated rings. The van der Waals surface area contributed by atoms with Crippen LogP contribution in [0.2, 0.25) is 0 Å². The number of rotatable bonds is 4. The first-order valence-corrected chi connectivity index (χ1v) is 10.9. The number of alkyl halides is 1. The second kappa shape index (κ2) is 8.19. The maximum absolute atomic E-state index is 15.3. The summed E-state index contributed by atoms with van der Waals surface area (Å²) >= 11 is 0. The third-order valence-corrected chi connectivity index (χ3v) is 6.93. The number of aryl methyl sites for hydroxylation is 1. The van der Waals surface area contributed by atoms with Gasteiger partial charge in [-0.15, -0.1) is 10.2 Å². The van der Waals surface area contributed by atoms with Crippen molar-refractivity contribution in [2.45, 2.75) is 43.6 Å². The molecule has 0 unspecified atom stereocenters. The van der Waals surface area contributed by atoms with Crippen molar-refractivity contribution in [2.75, 3.05) is 19.1 Å². The molecule has 4 heterocycles. The van der Waals surface area contributed by atoms with E-state index in [4.69, 9.17) is 4.74 Å². The molecule has 12 heteroatoms. The van der Waals surface area contributed by atoms with Crippen molar-refractivity contribution >= 4 is 22.7 Å². The Bertz CT molecular complexity index is 1320. The summed E-state index contributed by atoms with van der Waals surface area (Å²) in [6, 6.07) is 1.97. The van der Waals surface area contributed by atoms with E-state index >= 15 is 4.39 Å². The molecule has 2 aliphatic heterocycles. The number of anilines is 1. The number of amides is 1. The largest absolute Gasteiger partial charge is 0.496 e. The summed E-state index contributed by atoms with van der Waals surface area (Å²) in [7, 11) is 4.78. The van der Waals surface area contributed by atoms with Crippen LogP contribution in [0.15, 0.2) is 29.3 Å². The van der Waals surface area contributed by atoms with Gasteiger partial charge in [0.2, 0.25) is 0 Å². The minimum absolute atomic E-state index is 0.203. The van der Waals surface area contributed by atoms with Crippen LogP contribution in [0.1, 0.15) is 19.3 Å². The summed E-state index contributed by atoms with van der Waals surface area (Å²) in [6.45, 7) is 0. The van der Waals surface area contributed by atoms with E-state index in [0.29, 0.717) is 47.2 Å². The molecule has 5 rings (SSSR count). The predicted octanol–water partition coefficient (Wildman–Crippen LogP) is 1.85. The average Bonchev–Trinajstić information content (AvgIpc) is 3.20. The molecule has 0 saturated carbocycles. The van der Waals surface area contributed by atoms with Crippen molar-refractivity contribution in [1.29, 1.82) is 0 Å². The van der Waals surface area contributed by atoms with E-state index in [0.717, 1.165) is 0 Å². The first-order chi connectivity index (χ1) is 16.3. The highest BCUT2D eigenvalue weighted by atomic mass is 19.1. The molecular weight excluding hydrogens is 445 g/mol. The number of halogens is 1. The average molecular weight is 469 g/mol. The third kappa shape index (κ3) is 3.40. The molecule has 2 aliphatic rings. The maximum Gasteiger partial charge on any atom is 0.407 e. The van der Waals surface area contributed by atoms with Crippen LogP contribution in [0.25, 0.3) is 22.2 Å². The molecule has 178 valence electrons. The van der Waals surface area contributed by atoms with Gasteiger partial charge < -0.3 is 14.7 Å². The molecular formula is C22H24FN7O4. The second-order valence-corrected chi connectivity index (χ2v) is 8.70. The fraction of sp³-hybridized carbons (Fsp3) is 0.455. The SMILES string of the molecule is COc1cc2c(=O)n(C)ncc2cc1-c1ncc(N(C)[C@@H]2C[C@H]3CC[C@@H]([C@@H]2F)N3C(=O)O)nn1. The van der Waals surface area contributed by atoms with E-state index in [1.165, 1.54) is 22.9 Å². The fourth-order valence-electron chi connectivity index (χ4n) is 5.12. The molecule has 3 aromatic rings. The van der Waals surface area contributed by atoms with Gasteiger partial charge in [-0.2, -0.15) is 5.10 Å². The minimum Gasteiger partial charge on any atom is -0.496 e. The highest BCUT2D eigenvalue weighted by molar-refractivity contribution is 5.88. The van der Waals surface area contributed by atoms with Crippen LogP contribution >= 0.6 is 0 Å². The van der Waals surface area contributed by atoms with Gasteiger partial charge in [-0.3, -0.25) is 9.69 Å². The lowest BCUT2D eigenvalue weighted by molar-refractivity contribution is 0.0489. The van der Waals surface area contributed by atoms with E-state index in [9.17, 15) is 14.7 Å². The van der Waals surface area contributed by atoms with E-state index in [2.05, 4.69) is 20.3 Å². The number of methoxy groups -OCH3 is 1. The number of ether oxygens (including phenoxy) is 1. The first-order valence-electron chi connectivity index (χ1n) is 10.9. The Hall–Kier alpha value is -3.83. The number of carbonyl (C=O) groups is 1. The van der Waals surface area contributed by atoms with Crippen molar-refractivity contribution < 1.29 is 19.0 Å². The molecule has 1 aromatic carbocycles. The summed E-state index contributed by atoms with van der Waals surface area (Å²) in [5, 5.41) is 23.0. The van der Waals surface area contributed by atoms with Crippen LogP contribution in [-0.4, -0.2) is 79.5 Å². The van der Waals surface area contributed by atoms with E-state index in [1.807, 2.05) is 0 Å². The van der Waals surface area contributed by atoms with Crippen molar-refractivity contribution in [2.24, 2.45) is 7.05 Å². The number of carboxylic acid groups (broad SMARTS) is 1. The maximum atomic E-state index is 15.3. The summed E-state index contributed by atoms with van der Waals surface area (Å²) in [5.74, 6) is 1.09. The number of hydrogen-bond donors (Lipinski definition) is 1. The Kier molecular flexibility index (Phi) is 5.29. The number of piperidine rings is 1. The monoisotopic (exact) mass is 469 g/mol. The summed E-state index contributed by atoms with van der Waals surface area (Å²) in [5.41, 5.74) is 0.296. The molecule has 0 spiro atoms. The van der Waals surface area contributed by atoms with Crippen LogP contribution < -0.4 is 15.2 Å². The molecule has 4 atom stereocenters. The zero-order valence-corrected chi connectivity index (χ0v) is 18.9. The molecule has 1 N–H and O–H groups in total. The van der Waals surface area contributed by atoms with Gasteiger partial charge in [-0.1, -0.05) is 0 Å². The lowest BCUT2D eigenvalue weighted by atomic mass is 9.94. The van der Waals surface area contributed by atoms with Gasteiger partial charge >= 0.3 is 6.09 Å². The smallest absolute Gasteiger partial charge is 0.407 e. The lowest BCUT2D eigenvalue weighted by Gasteiger charge is -2.43. The molecule has 34 heavy (non-hydrogen) atoms. The molecule has 1 amide bonds. The van der Waals surface area contributed by atoms with Crippen LogP contribution in [0.5, 0.6) is 5.75 Å². The lowest BCUT2D eigenvalue weighted by Crippen LogP contribution is -2.58. The molecule has 11 nitrogen and oxygen atoms in total. The van der Waals surface area contributed by atoms with Gasteiger partial charge in [-0.25, -0.2) is 18.9 Å². The van der Waals surface area contributed by atoms with Crippen LogP contribution in [0, 0.1) is 0 Å². The normalized spacial score (nSPS) is 23.8. The Morgan fingerprint density at radius 1 is 1.26 bits per heavy atom. The van der Waals surface area contributed by atoms with Gasteiger partial charge in [0.15, 0.2) is 11.6 Å². The standard InChI is InChI=1S/C22H24FN7O4/c1-28(16-7-12-4-5-15(19(16)23)30(12)22(32)33)18-10-24-20(27-26-18)14-6-11-9-25-29(2)21(31)13(11)8-17(14)34-3/h6,8-10,12,15-16,19H,4-5,7H2,1-3H3,(H,32,33)/t12-,15+,16-,19+/m1/s1. The van der Waals surface area contributed by atoms with E-state index < -0.39 is 24.3 Å². The third-order valence-electron chi connectivity index (χ3n) is 6.93. The Labute approximate surface area is 193 Å².